The summed E-state index contributed by atoms with van der Waals surface area (Å²) in [7, 11) is 1.84. The molecule has 6 nitrogen and oxygen atoms in total. The van der Waals surface area contributed by atoms with Crippen molar-refractivity contribution in [3.63, 3.8) is 0 Å². The molecule has 2 aromatic heterocycles. The Kier molecular flexibility index (Phi) is 3.95. The first-order valence-corrected chi connectivity index (χ1v) is 7.20. The van der Waals surface area contributed by atoms with Crippen LogP contribution >= 0.6 is 11.3 Å². The lowest BCUT2D eigenvalue weighted by Gasteiger charge is -2.18. The molecule has 0 saturated heterocycles. The number of thiophene rings is 1. The molecule has 0 saturated carbocycles. The summed E-state index contributed by atoms with van der Waals surface area (Å²) >= 11 is 1.36. The molecule has 0 fully saturated rings. The van der Waals surface area contributed by atoms with E-state index in [0.29, 0.717) is 30.1 Å². The molecule has 0 aliphatic carbocycles. The summed E-state index contributed by atoms with van der Waals surface area (Å²) in [5.41, 5.74) is 7.45. The predicted octanol–water partition coefficient (Wildman–Crippen LogP) is 1.90. The smallest absolute Gasteiger partial charge is 0.266 e. The predicted molar refractivity (Wildman–Crippen MR) is 79.5 cm³/mol. The van der Waals surface area contributed by atoms with E-state index in [0.717, 1.165) is 15.9 Å². The number of nitrogen functional groups attached to an aromatic ring is 1. The summed E-state index contributed by atoms with van der Waals surface area (Å²) in [6, 6.07) is 2.06. The summed E-state index contributed by atoms with van der Waals surface area (Å²) in [6.45, 7) is 4.76. The van der Waals surface area contributed by atoms with Crippen LogP contribution in [0, 0.1) is 18.3 Å². The highest BCUT2D eigenvalue weighted by Crippen LogP contribution is 2.36. The fourth-order valence-corrected chi connectivity index (χ4v) is 3.37. The lowest BCUT2D eigenvalue weighted by atomic mass is 10.2. The van der Waals surface area contributed by atoms with E-state index in [2.05, 4.69) is 11.2 Å². The Morgan fingerprint density at radius 3 is 2.85 bits per heavy atom. The van der Waals surface area contributed by atoms with E-state index in [9.17, 15) is 4.79 Å². The zero-order valence-corrected chi connectivity index (χ0v) is 12.6. The number of nitrogens with two attached hydrogens (primary N) is 1. The van der Waals surface area contributed by atoms with E-state index in [4.69, 9.17) is 11.0 Å². The van der Waals surface area contributed by atoms with Crippen LogP contribution in [0.5, 0.6) is 0 Å². The molecule has 2 heterocycles. The van der Waals surface area contributed by atoms with Gasteiger partial charge in [-0.1, -0.05) is 0 Å². The van der Waals surface area contributed by atoms with Gasteiger partial charge < -0.3 is 10.6 Å². The minimum absolute atomic E-state index is 0.110. The molecule has 0 aliphatic heterocycles. The maximum Gasteiger partial charge on any atom is 0.266 e. The van der Waals surface area contributed by atoms with Gasteiger partial charge in [0.15, 0.2) is 0 Å². The van der Waals surface area contributed by atoms with Crippen molar-refractivity contribution in [3.05, 3.63) is 10.6 Å². The summed E-state index contributed by atoms with van der Waals surface area (Å²) in [5, 5.41) is 13.8. The highest BCUT2D eigenvalue weighted by atomic mass is 32.1. The number of hydrogen-bond acceptors (Lipinski definition) is 5. The molecule has 0 aliphatic rings. The number of rotatable bonds is 4. The van der Waals surface area contributed by atoms with Gasteiger partial charge in [0.2, 0.25) is 0 Å². The highest BCUT2D eigenvalue weighted by Gasteiger charge is 2.24. The topological polar surface area (TPSA) is 87.9 Å². The van der Waals surface area contributed by atoms with Crippen LogP contribution in [0.3, 0.4) is 0 Å². The molecule has 2 rings (SSSR count). The molecule has 2 aromatic rings. The minimum atomic E-state index is -0.110. The molecule has 2 N–H and O–H groups in total. The first-order chi connectivity index (χ1) is 9.51. The average Bonchev–Trinajstić information content (AvgIpc) is 2.90. The Balaban J connectivity index is 2.42. The molecule has 0 aromatic carbocycles. The number of carbonyl (C=O) groups excluding carboxylic acids is 1. The lowest BCUT2D eigenvalue weighted by Crippen LogP contribution is -2.31. The molecule has 7 heteroatoms. The number of nitrogens with zero attached hydrogens (tertiary/aromatic N) is 4. The molecular weight excluding hydrogens is 274 g/mol. The van der Waals surface area contributed by atoms with E-state index < -0.39 is 0 Å². The Labute approximate surface area is 121 Å². The van der Waals surface area contributed by atoms with Crippen LogP contribution in [0.25, 0.3) is 10.2 Å². The molecule has 0 radical (unpaired) electrons. The fraction of sp³-hybridized carbons (Fsp3) is 0.462. The average molecular weight is 291 g/mol. The summed E-state index contributed by atoms with van der Waals surface area (Å²) in [4.78, 5) is 15.6. The highest BCUT2D eigenvalue weighted by molar-refractivity contribution is 7.21. The van der Waals surface area contributed by atoms with Gasteiger partial charge in [-0.25, -0.2) is 0 Å². The van der Waals surface area contributed by atoms with Crippen LogP contribution in [-0.4, -0.2) is 33.7 Å². The molecule has 1 amide bonds. The third-order valence-corrected chi connectivity index (χ3v) is 4.50. The van der Waals surface area contributed by atoms with Crippen molar-refractivity contribution >= 4 is 33.1 Å². The number of fused-ring (bicyclic) bond motifs is 1. The third kappa shape index (κ3) is 2.23. The van der Waals surface area contributed by atoms with E-state index >= 15 is 0 Å². The second-order valence-electron chi connectivity index (χ2n) is 4.53. The maximum absolute atomic E-state index is 12.5. The van der Waals surface area contributed by atoms with Crippen molar-refractivity contribution in [1.29, 1.82) is 5.26 Å². The van der Waals surface area contributed by atoms with E-state index in [1.54, 1.807) is 9.58 Å². The number of carbonyl (C=O) groups is 1. The summed E-state index contributed by atoms with van der Waals surface area (Å²) in [6.07, 6.45) is 0.324. The van der Waals surface area contributed by atoms with Crippen LogP contribution < -0.4 is 5.73 Å². The van der Waals surface area contributed by atoms with Gasteiger partial charge in [-0.2, -0.15) is 10.4 Å². The van der Waals surface area contributed by atoms with Gasteiger partial charge in [-0.3, -0.25) is 9.48 Å². The number of aromatic nitrogens is 2. The molecule has 0 spiro atoms. The molecule has 106 valence electrons. The Hall–Kier alpha value is -2.07. The quantitative estimate of drug-likeness (QED) is 0.931. The van der Waals surface area contributed by atoms with E-state index in [-0.39, 0.29) is 5.91 Å². The van der Waals surface area contributed by atoms with Gasteiger partial charge in [0.25, 0.3) is 5.91 Å². The van der Waals surface area contributed by atoms with E-state index in [1.165, 1.54) is 11.3 Å². The van der Waals surface area contributed by atoms with Gasteiger partial charge in [0.05, 0.1) is 29.3 Å². The monoisotopic (exact) mass is 291 g/mol. The lowest BCUT2D eigenvalue weighted by molar-refractivity contribution is 0.0773. The first-order valence-electron chi connectivity index (χ1n) is 6.39. The molecule has 20 heavy (non-hydrogen) atoms. The SMILES string of the molecule is CCN(CCC#N)C(=O)c1sc2c(c(C)nn2C)c1N. The Morgan fingerprint density at radius 2 is 2.30 bits per heavy atom. The van der Waals surface area contributed by atoms with Gasteiger partial charge in [-0.15, -0.1) is 11.3 Å². The minimum Gasteiger partial charge on any atom is -0.397 e. The molecule has 0 atom stereocenters. The number of nitriles is 1. The van der Waals surface area contributed by atoms with Crippen LogP contribution in [0.15, 0.2) is 0 Å². The van der Waals surface area contributed by atoms with Gasteiger partial charge in [0.1, 0.15) is 9.71 Å². The van der Waals surface area contributed by atoms with Gasteiger partial charge in [0, 0.05) is 20.1 Å². The summed E-state index contributed by atoms with van der Waals surface area (Å²) < 4.78 is 1.74. The van der Waals surface area contributed by atoms with Gasteiger partial charge in [-0.05, 0) is 13.8 Å². The second kappa shape index (κ2) is 5.51. The standard InChI is InChI=1S/C13H17N5OS/c1-4-18(7-5-6-14)12(19)11-10(15)9-8(2)16-17(3)13(9)20-11/h4-5,7,15H2,1-3H3. The molecular formula is C13H17N5OS. The number of aryl methyl sites for hydroxylation is 2. The van der Waals surface area contributed by atoms with E-state index in [1.807, 2.05) is 20.9 Å². The summed E-state index contributed by atoms with van der Waals surface area (Å²) in [5.74, 6) is -0.110. The van der Waals surface area contributed by atoms with Crippen LogP contribution in [-0.2, 0) is 7.05 Å². The van der Waals surface area contributed by atoms with Gasteiger partial charge >= 0.3 is 0 Å². The Bertz CT molecular complexity index is 694. The molecule has 0 bridgehead atoms. The van der Waals surface area contributed by atoms with Crippen molar-refractivity contribution in [2.45, 2.75) is 20.3 Å². The molecule has 0 unspecified atom stereocenters. The number of hydrogen-bond donors (Lipinski definition) is 1. The van der Waals surface area contributed by atoms with Crippen molar-refractivity contribution in [1.82, 2.24) is 14.7 Å². The van der Waals surface area contributed by atoms with Crippen molar-refractivity contribution < 1.29 is 4.79 Å². The van der Waals surface area contributed by atoms with Crippen molar-refractivity contribution in [3.8, 4) is 6.07 Å². The first kappa shape index (κ1) is 14.3. The second-order valence-corrected chi connectivity index (χ2v) is 5.53. The van der Waals surface area contributed by atoms with Crippen molar-refractivity contribution in [2.75, 3.05) is 18.8 Å². The fourth-order valence-electron chi connectivity index (χ4n) is 2.22. The number of anilines is 1. The van der Waals surface area contributed by atoms with Crippen LogP contribution in [0.4, 0.5) is 5.69 Å². The zero-order valence-electron chi connectivity index (χ0n) is 11.8. The third-order valence-electron chi connectivity index (χ3n) is 3.24. The largest absolute Gasteiger partial charge is 0.397 e. The van der Waals surface area contributed by atoms with Crippen LogP contribution in [0.2, 0.25) is 0 Å². The maximum atomic E-state index is 12.5. The normalized spacial score (nSPS) is 10.7. The van der Waals surface area contributed by atoms with Crippen molar-refractivity contribution in [2.24, 2.45) is 7.05 Å². The van der Waals surface area contributed by atoms with Crippen LogP contribution in [0.1, 0.15) is 28.7 Å². The number of amides is 1. The Morgan fingerprint density at radius 1 is 1.60 bits per heavy atom. The zero-order chi connectivity index (χ0) is 14.9.